The van der Waals surface area contributed by atoms with Crippen LogP contribution in [-0.2, 0) is 6.54 Å². The van der Waals surface area contributed by atoms with Crippen molar-refractivity contribution in [2.24, 2.45) is 10.8 Å². The summed E-state index contributed by atoms with van der Waals surface area (Å²) in [5, 5.41) is 5.11. The van der Waals surface area contributed by atoms with Gasteiger partial charge in [-0.3, -0.25) is 4.79 Å². The molecular formula is C25H33FN4O2S. The lowest BCUT2D eigenvalue weighted by Gasteiger charge is -2.39. The van der Waals surface area contributed by atoms with Crippen LogP contribution in [0.1, 0.15) is 69.4 Å². The van der Waals surface area contributed by atoms with Gasteiger partial charge in [0.25, 0.3) is 5.91 Å². The predicted octanol–water partition coefficient (Wildman–Crippen LogP) is 5.77. The van der Waals surface area contributed by atoms with E-state index in [0.29, 0.717) is 10.7 Å². The van der Waals surface area contributed by atoms with Crippen LogP contribution in [0.25, 0.3) is 0 Å². The molecule has 2 unspecified atom stereocenters. The maximum absolute atomic E-state index is 14.0. The Bertz CT molecular complexity index is 1050. The summed E-state index contributed by atoms with van der Waals surface area (Å²) in [6.45, 7) is 11.7. The fraction of sp³-hybridized carbons (Fsp3) is 0.560. The molecule has 2 fully saturated rings. The topological polar surface area (TPSA) is 65.5 Å². The minimum Gasteiger partial charge on any atom is -0.334 e. The van der Waals surface area contributed by atoms with E-state index in [0.717, 1.165) is 25.8 Å². The summed E-state index contributed by atoms with van der Waals surface area (Å²) in [4.78, 5) is 34.3. The van der Waals surface area contributed by atoms with Crippen molar-refractivity contribution in [3.63, 3.8) is 0 Å². The Morgan fingerprint density at radius 3 is 2.70 bits per heavy atom. The van der Waals surface area contributed by atoms with E-state index in [1.165, 1.54) is 23.5 Å². The molecule has 0 spiro atoms. The molecule has 1 aromatic heterocycles. The summed E-state index contributed by atoms with van der Waals surface area (Å²) in [7, 11) is 0. The molecule has 2 aromatic rings. The number of rotatable bonds is 5. The van der Waals surface area contributed by atoms with E-state index in [4.69, 9.17) is 0 Å². The van der Waals surface area contributed by atoms with Crippen molar-refractivity contribution >= 4 is 29.0 Å². The molecule has 1 N–H and O–H groups in total. The molecule has 2 heterocycles. The molecule has 2 aliphatic rings. The van der Waals surface area contributed by atoms with Gasteiger partial charge < -0.3 is 15.1 Å². The average Bonchev–Trinajstić information content (AvgIpc) is 3.28. The molecule has 1 saturated heterocycles. The van der Waals surface area contributed by atoms with Gasteiger partial charge in [0.1, 0.15) is 16.5 Å². The van der Waals surface area contributed by atoms with Crippen molar-refractivity contribution < 1.29 is 14.0 Å². The second-order valence-corrected chi connectivity index (χ2v) is 11.8. The molecule has 178 valence electrons. The minimum absolute atomic E-state index is 0.0177. The zero-order valence-electron chi connectivity index (χ0n) is 20.0. The number of carbonyl (C=O) groups excluding carboxylic acids is 2. The predicted molar refractivity (Wildman–Crippen MR) is 129 cm³/mol. The third-order valence-corrected chi connectivity index (χ3v) is 7.59. The number of amides is 3. The Morgan fingerprint density at radius 2 is 2.00 bits per heavy atom. The van der Waals surface area contributed by atoms with Crippen LogP contribution in [0.4, 0.5) is 14.9 Å². The quantitative estimate of drug-likeness (QED) is 0.601. The number of nitrogens with one attached hydrogen (secondary N) is 1. The van der Waals surface area contributed by atoms with E-state index >= 15 is 0 Å². The summed E-state index contributed by atoms with van der Waals surface area (Å²) in [5.41, 5.74) is 0.991. The Hall–Kier alpha value is -2.48. The summed E-state index contributed by atoms with van der Waals surface area (Å²) < 4.78 is 14.0. The van der Waals surface area contributed by atoms with E-state index < -0.39 is 11.8 Å². The van der Waals surface area contributed by atoms with Crippen LogP contribution in [0, 0.1) is 16.6 Å². The highest BCUT2D eigenvalue weighted by Crippen LogP contribution is 2.52. The highest BCUT2D eigenvalue weighted by molar-refractivity contribution is 7.09. The lowest BCUT2D eigenvalue weighted by molar-refractivity contribution is 0.0703. The molecule has 1 aliphatic heterocycles. The molecule has 6 nitrogen and oxygen atoms in total. The molecule has 8 heteroatoms. The highest BCUT2D eigenvalue weighted by atomic mass is 32.1. The second kappa shape index (κ2) is 8.70. The Balaban J connectivity index is 1.45. The number of fused-ring (bicyclic) bond motifs is 2. The first-order chi connectivity index (χ1) is 15.5. The Labute approximate surface area is 199 Å². The summed E-state index contributed by atoms with van der Waals surface area (Å²) in [5.74, 6) is -0.500. The van der Waals surface area contributed by atoms with Gasteiger partial charge in [-0.25, -0.2) is 14.2 Å². The number of hydrogen-bond acceptors (Lipinski definition) is 4. The Kier molecular flexibility index (Phi) is 6.24. The molecule has 2 atom stereocenters. The first-order valence-electron chi connectivity index (χ1n) is 11.5. The molecular weight excluding hydrogens is 439 g/mol. The number of likely N-dealkylation sites (tertiary alicyclic amines) is 1. The van der Waals surface area contributed by atoms with Gasteiger partial charge in [-0.2, -0.15) is 0 Å². The standard InChI is InChI=1S/C25H33FN4O2S/c1-16(2)29(23(32)28-19-9-7-6-8-18(19)26)12-21-27-20(13-33-21)22(31)30-15-25(5)11-17(30)10-24(3,4)14-25/h6-9,13,16-17H,10-12,14-15H2,1-5H3,(H,28,32). The third-order valence-electron chi connectivity index (χ3n) is 6.75. The van der Waals surface area contributed by atoms with E-state index in [2.05, 4.69) is 31.1 Å². The fourth-order valence-corrected chi connectivity index (χ4v) is 6.48. The monoisotopic (exact) mass is 472 g/mol. The number of hydrogen-bond donors (Lipinski definition) is 1. The first-order valence-corrected chi connectivity index (χ1v) is 12.4. The SMILES string of the molecule is CC(C)N(Cc1nc(C(=O)N2CC3(C)CC2CC(C)(C)C3)cs1)C(=O)Nc1ccccc1F. The molecule has 0 radical (unpaired) electrons. The van der Waals surface area contributed by atoms with Gasteiger partial charge in [0.2, 0.25) is 0 Å². The smallest absolute Gasteiger partial charge is 0.322 e. The number of carbonyl (C=O) groups is 2. The van der Waals surface area contributed by atoms with Crippen molar-refractivity contribution in [1.29, 1.82) is 0 Å². The number of halogens is 1. The van der Waals surface area contributed by atoms with Gasteiger partial charge in [0.15, 0.2) is 0 Å². The van der Waals surface area contributed by atoms with Crippen LogP contribution in [0.15, 0.2) is 29.6 Å². The summed E-state index contributed by atoms with van der Waals surface area (Å²) >= 11 is 1.38. The summed E-state index contributed by atoms with van der Waals surface area (Å²) in [6.07, 6.45) is 3.20. The van der Waals surface area contributed by atoms with Crippen molar-refractivity contribution in [1.82, 2.24) is 14.8 Å². The number of thiazole rings is 1. The lowest BCUT2D eigenvalue weighted by Crippen LogP contribution is -2.39. The van der Waals surface area contributed by atoms with Crippen LogP contribution >= 0.6 is 11.3 Å². The molecule has 2 bridgehead atoms. The largest absolute Gasteiger partial charge is 0.334 e. The van der Waals surface area contributed by atoms with Crippen LogP contribution in [0.5, 0.6) is 0 Å². The molecule has 3 amide bonds. The van der Waals surface area contributed by atoms with Crippen molar-refractivity contribution in [2.45, 2.75) is 72.5 Å². The number of nitrogens with zero attached hydrogens (tertiary/aromatic N) is 3. The van der Waals surface area contributed by atoms with Crippen molar-refractivity contribution in [2.75, 3.05) is 11.9 Å². The lowest BCUT2D eigenvalue weighted by atomic mass is 9.65. The zero-order valence-corrected chi connectivity index (χ0v) is 20.8. The zero-order chi connectivity index (χ0) is 24.0. The van der Waals surface area contributed by atoms with Crippen LogP contribution in [0.3, 0.4) is 0 Å². The average molecular weight is 473 g/mol. The maximum atomic E-state index is 14.0. The molecule has 33 heavy (non-hydrogen) atoms. The summed E-state index contributed by atoms with van der Waals surface area (Å²) in [6, 6.07) is 5.82. The number of aromatic nitrogens is 1. The van der Waals surface area contributed by atoms with E-state index in [9.17, 15) is 14.0 Å². The fourth-order valence-electron chi connectivity index (χ4n) is 5.71. The molecule has 4 rings (SSSR count). The van der Waals surface area contributed by atoms with Gasteiger partial charge in [0.05, 0.1) is 12.2 Å². The van der Waals surface area contributed by atoms with Gasteiger partial charge in [-0.1, -0.05) is 32.9 Å². The first kappa shape index (κ1) is 23.7. The number of benzene rings is 1. The van der Waals surface area contributed by atoms with E-state index in [-0.39, 0.29) is 41.1 Å². The highest BCUT2D eigenvalue weighted by Gasteiger charge is 2.51. The number of para-hydroxylation sites is 1. The van der Waals surface area contributed by atoms with Crippen molar-refractivity contribution in [3.8, 4) is 0 Å². The van der Waals surface area contributed by atoms with Crippen LogP contribution in [0.2, 0.25) is 0 Å². The van der Waals surface area contributed by atoms with Gasteiger partial charge in [-0.15, -0.1) is 11.3 Å². The molecule has 1 aliphatic carbocycles. The number of anilines is 1. The van der Waals surface area contributed by atoms with Crippen LogP contribution in [-0.4, -0.2) is 45.4 Å². The van der Waals surface area contributed by atoms with Gasteiger partial charge in [0, 0.05) is 24.0 Å². The Morgan fingerprint density at radius 1 is 1.27 bits per heavy atom. The second-order valence-electron chi connectivity index (χ2n) is 10.9. The maximum Gasteiger partial charge on any atom is 0.322 e. The molecule has 1 saturated carbocycles. The van der Waals surface area contributed by atoms with E-state index in [1.54, 1.807) is 22.4 Å². The third kappa shape index (κ3) is 5.05. The molecule has 1 aromatic carbocycles. The number of urea groups is 1. The normalized spacial score (nSPS) is 23.6. The van der Waals surface area contributed by atoms with Gasteiger partial charge in [-0.05, 0) is 56.1 Å². The van der Waals surface area contributed by atoms with Crippen LogP contribution < -0.4 is 5.32 Å². The van der Waals surface area contributed by atoms with E-state index in [1.807, 2.05) is 18.7 Å². The minimum atomic E-state index is -0.482. The van der Waals surface area contributed by atoms with Gasteiger partial charge >= 0.3 is 6.03 Å². The van der Waals surface area contributed by atoms with Crippen molar-refractivity contribution in [3.05, 3.63) is 46.2 Å².